The van der Waals surface area contributed by atoms with Crippen LogP contribution in [0.1, 0.15) is 59.8 Å². The minimum atomic E-state index is -4.75. The number of ether oxygens (including phenoxy) is 4. The van der Waals surface area contributed by atoms with Gasteiger partial charge in [-0.1, -0.05) is 18.2 Å². The third kappa shape index (κ3) is 8.72. The van der Waals surface area contributed by atoms with Crippen LogP contribution in [0.15, 0.2) is 47.5 Å². The van der Waals surface area contributed by atoms with Crippen LogP contribution in [0.25, 0.3) is 5.65 Å². The van der Waals surface area contributed by atoms with Crippen LogP contribution in [-0.2, 0) is 37.0 Å². The summed E-state index contributed by atoms with van der Waals surface area (Å²) in [5.74, 6) is -3.11. The van der Waals surface area contributed by atoms with Crippen LogP contribution in [0, 0.1) is 19.3 Å². The van der Waals surface area contributed by atoms with Gasteiger partial charge in [0.1, 0.15) is 18.1 Å². The number of hydrogen-bond acceptors (Lipinski definition) is 11. The van der Waals surface area contributed by atoms with E-state index in [1.165, 1.54) is 42.5 Å². The van der Waals surface area contributed by atoms with Crippen molar-refractivity contribution in [2.24, 2.45) is 5.41 Å². The number of aryl methyl sites for hydroxylation is 2. The third-order valence-corrected chi connectivity index (χ3v) is 12.0. The topological polar surface area (TPSA) is 158 Å². The molecule has 1 atom stereocenters. The Morgan fingerprint density at radius 3 is 2.45 bits per heavy atom. The third-order valence-electron chi connectivity index (χ3n) is 10.1. The highest BCUT2D eigenvalue weighted by Gasteiger charge is 2.42. The molecular weight excluding hydrogens is 746 g/mol. The number of carbonyl (C=O) groups is 1. The van der Waals surface area contributed by atoms with Gasteiger partial charge in [0.05, 0.1) is 25.2 Å². The number of alkyl halides is 3. The summed E-state index contributed by atoms with van der Waals surface area (Å²) in [5.41, 5.74) is 1.12. The molecule has 0 bridgehead atoms. The largest absolute Gasteiger partial charge is 0.481 e. The fraction of sp³-hybridized carbons (Fsp3) is 0.514. The van der Waals surface area contributed by atoms with Gasteiger partial charge in [-0.05, 0) is 74.1 Å². The fourth-order valence-corrected chi connectivity index (χ4v) is 8.43. The molecule has 0 saturated carbocycles. The Hall–Kier alpha value is -4.36. The van der Waals surface area contributed by atoms with E-state index in [-0.39, 0.29) is 55.2 Å². The maximum absolute atomic E-state index is 14.5. The number of pyridine rings is 2. The second-order valence-electron chi connectivity index (χ2n) is 14.2. The molecule has 0 radical (unpaired) electrons. The summed E-state index contributed by atoms with van der Waals surface area (Å²) < 4.78 is 94.9. The zero-order valence-electron chi connectivity index (χ0n) is 31.1. The van der Waals surface area contributed by atoms with Crippen LogP contribution in [-0.4, -0.2) is 114 Å². The molecule has 1 aromatic carbocycles. The average Bonchev–Trinajstić information content (AvgIpc) is 3.58. The lowest BCUT2D eigenvalue weighted by molar-refractivity contribution is -0.147. The van der Waals surface area contributed by atoms with Crippen LogP contribution < -0.4 is 9.47 Å². The number of sulfonamides is 1. The number of aliphatic carboxylic acids is 1. The number of hydrogen-bond donors (Lipinski definition) is 1. The summed E-state index contributed by atoms with van der Waals surface area (Å²) in [6, 6.07) is 9.69. The zero-order valence-corrected chi connectivity index (χ0v) is 32.0. The number of nitrogens with zero attached hydrogens (tertiary/aromatic N) is 6. The Morgan fingerprint density at radius 1 is 0.982 bits per heavy atom. The first-order chi connectivity index (χ1) is 26.1. The van der Waals surface area contributed by atoms with Crippen molar-refractivity contribution in [3.05, 3.63) is 76.2 Å². The van der Waals surface area contributed by atoms with Crippen molar-refractivity contribution in [2.75, 3.05) is 65.8 Å². The summed E-state index contributed by atoms with van der Waals surface area (Å²) in [7, 11) is -4.23. The Kier molecular flexibility index (Phi) is 12.0. The number of fused-ring (bicyclic) bond motifs is 2. The normalized spacial score (nSPS) is 18.2. The molecule has 18 heteroatoms. The SMILES string of the molecule is Cc1ccc([C@H](c2ccn3c(C(F)(F)F)nnc3c2C)C(C)(C)C(=O)O)cc1CN1CCCOCCOc2nc(OCCN3CCOCC3)ccc2S1(=O)=O. The molecule has 298 valence electrons. The van der Waals surface area contributed by atoms with E-state index in [1.807, 2.05) is 6.92 Å². The second-order valence-corrected chi connectivity index (χ2v) is 16.1. The molecule has 1 saturated heterocycles. The van der Waals surface area contributed by atoms with Crippen LogP contribution in [0.5, 0.6) is 11.8 Å². The Bertz CT molecular complexity index is 2120. The molecule has 2 aliphatic rings. The van der Waals surface area contributed by atoms with Gasteiger partial charge in [0, 0.05) is 57.5 Å². The maximum atomic E-state index is 14.5. The summed E-state index contributed by atoms with van der Waals surface area (Å²) in [6.07, 6.45) is -3.18. The molecule has 5 heterocycles. The number of morpholine rings is 1. The van der Waals surface area contributed by atoms with E-state index in [1.54, 1.807) is 25.1 Å². The van der Waals surface area contributed by atoms with Gasteiger partial charge in [-0.15, -0.1) is 10.2 Å². The van der Waals surface area contributed by atoms with Crippen molar-refractivity contribution in [2.45, 2.75) is 57.7 Å². The van der Waals surface area contributed by atoms with Crippen molar-refractivity contribution < 1.29 is 50.4 Å². The molecule has 3 aromatic heterocycles. The summed E-state index contributed by atoms with van der Waals surface area (Å²) in [6.45, 7) is 11.0. The molecule has 1 fully saturated rings. The predicted molar refractivity (Wildman–Crippen MR) is 193 cm³/mol. The van der Waals surface area contributed by atoms with E-state index in [9.17, 15) is 31.5 Å². The van der Waals surface area contributed by atoms with E-state index < -0.39 is 39.3 Å². The van der Waals surface area contributed by atoms with E-state index in [2.05, 4.69) is 20.1 Å². The smallest absolute Gasteiger partial charge is 0.452 e. The van der Waals surface area contributed by atoms with Crippen molar-refractivity contribution in [1.29, 1.82) is 0 Å². The first kappa shape index (κ1) is 40.3. The minimum Gasteiger partial charge on any atom is -0.481 e. The van der Waals surface area contributed by atoms with Crippen molar-refractivity contribution in [3.63, 3.8) is 0 Å². The van der Waals surface area contributed by atoms with Gasteiger partial charge >= 0.3 is 12.1 Å². The van der Waals surface area contributed by atoms with Crippen molar-refractivity contribution in [1.82, 2.24) is 28.8 Å². The van der Waals surface area contributed by atoms with E-state index in [4.69, 9.17) is 18.9 Å². The number of benzene rings is 1. The minimum absolute atomic E-state index is 0.0552. The monoisotopic (exact) mass is 790 g/mol. The van der Waals surface area contributed by atoms with E-state index in [0.29, 0.717) is 55.0 Å². The highest BCUT2D eigenvalue weighted by Crippen LogP contribution is 2.44. The molecule has 4 aromatic rings. The quantitative estimate of drug-likeness (QED) is 0.237. The maximum Gasteiger partial charge on any atom is 0.452 e. The molecule has 0 amide bonds. The zero-order chi connectivity index (χ0) is 39.5. The molecule has 0 spiro atoms. The lowest BCUT2D eigenvalue weighted by atomic mass is 9.70. The average molecular weight is 791 g/mol. The molecule has 0 unspecified atom stereocenters. The lowest BCUT2D eigenvalue weighted by Gasteiger charge is -2.33. The van der Waals surface area contributed by atoms with Crippen molar-refractivity contribution in [3.8, 4) is 11.8 Å². The van der Waals surface area contributed by atoms with Crippen LogP contribution >= 0.6 is 0 Å². The highest BCUT2D eigenvalue weighted by atomic mass is 32.2. The molecule has 0 aliphatic carbocycles. The van der Waals surface area contributed by atoms with Gasteiger partial charge in [0.25, 0.3) is 0 Å². The fourth-order valence-electron chi connectivity index (χ4n) is 6.90. The van der Waals surface area contributed by atoms with Gasteiger partial charge in [0.2, 0.25) is 27.6 Å². The molecular formula is C37H45F3N6O8S. The lowest BCUT2D eigenvalue weighted by Crippen LogP contribution is -2.38. The van der Waals surface area contributed by atoms with Crippen LogP contribution in [0.4, 0.5) is 13.2 Å². The number of rotatable bonds is 10. The van der Waals surface area contributed by atoms with Gasteiger partial charge in [-0.3, -0.25) is 14.1 Å². The summed E-state index contributed by atoms with van der Waals surface area (Å²) in [5, 5.41) is 17.6. The van der Waals surface area contributed by atoms with Gasteiger partial charge in [0.15, 0.2) is 5.65 Å². The van der Waals surface area contributed by atoms with Gasteiger partial charge in [-0.2, -0.15) is 22.5 Å². The van der Waals surface area contributed by atoms with E-state index >= 15 is 0 Å². The number of aromatic nitrogens is 4. The molecule has 1 N–H and O–H groups in total. The number of carboxylic acids is 1. The standard InChI is InChI=1S/C37H45F3N6O8S/c1-24-6-7-26(31(36(3,4)35(47)48)28-10-12-46-32(25(28)2)42-43-34(46)37(38,39)40)22-27(24)23-45-11-5-16-51-20-21-54-33-29(55(45,49)50)8-9-30(41-33)53-19-15-44-13-17-52-18-14-44/h6-10,12,22,31H,5,11,13-21,23H2,1-4H3,(H,47,48)/t31-/m1/s1. The van der Waals surface area contributed by atoms with E-state index in [0.717, 1.165) is 23.1 Å². The first-order valence-corrected chi connectivity index (χ1v) is 19.4. The predicted octanol–water partition coefficient (Wildman–Crippen LogP) is 4.70. The molecule has 6 rings (SSSR count). The summed E-state index contributed by atoms with van der Waals surface area (Å²) in [4.78, 5) is 19.3. The highest BCUT2D eigenvalue weighted by molar-refractivity contribution is 7.89. The Morgan fingerprint density at radius 2 is 1.73 bits per heavy atom. The number of halogens is 3. The Balaban J connectivity index is 1.34. The van der Waals surface area contributed by atoms with Gasteiger partial charge in [-0.25, -0.2) is 8.42 Å². The number of carboxylic acid groups (broad SMARTS) is 1. The molecule has 55 heavy (non-hydrogen) atoms. The second kappa shape index (κ2) is 16.4. The molecule has 2 aliphatic heterocycles. The first-order valence-electron chi connectivity index (χ1n) is 18.0. The Labute approximate surface area is 317 Å². The van der Waals surface area contributed by atoms with Crippen LogP contribution in [0.2, 0.25) is 0 Å². The molecule has 14 nitrogen and oxygen atoms in total. The summed E-state index contributed by atoms with van der Waals surface area (Å²) >= 11 is 0. The van der Waals surface area contributed by atoms with Crippen molar-refractivity contribution >= 4 is 21.6 Å². The van der Waals surface area contributed by atoms with Crippen LogP contribution in [0.3, 0.4) is 0 Å². The van der Waals surface area contributed by atoms with Gasteiger partial charge < -0.3 is 24.1 Å².